The summed E-state index contributed by atoms with van der Waals surface area (Å²) in [6.07, 6.45) is 9.76. The zero-order valence-corrected chi connectivity index (χ0v) is 21.4. The van der Waals surface area contributed by atoms with Crippen molar-refractivity contribution in [3.05, 3.63) is 36.8 Å². The highest BCUT2D eigenvalue weighted by Gasteiger charge is 2.30. The summed E-state index contributed by atoms with van der Waals surface area (Å²) in [7, 11) is 0. The number of rotatable bonds is 7. The maximum atomic E-state index is 11.7. The Labute approximate surface area is 212 Å². The predicted octanol–water partition coefficient (Wildman–Crippen LogP) is 4.59. The lowest BCUT2D eigenvalue weighted by Crippen LogP contribution is -2.36. The molecule has 1 aliphatic heterocycles. The molecule has 1 aromatic carbocycles. The van der Waals surface area contributed by atoms with Crippen molar-refractivity contribution in [3.63, 3.8) is 0 Å². The summed E-state index contributed by atoms with van der Waals surface area (Å²) in [6.45, 7) is 9.60. The summed E-state index contributed by atoms with van der Waals surface area (Å²) in [6, 6.07) is 6.70. The second-order valence-corrected chi connectivity index (χ2v) is 10.8. The van der Waals surface area contributed by atoms with E-state index in [4.69, 9.17) is 19.4 Å². The van der Waals surface area contributed by atoms with Crippen LogP contribution in [0.3, 0.4) is 0 Å². The molecule has 2 fully saturated rings. The minimum absolute atomic E-state index is 0.340. The van der Waals surface area contributed by atoms with Crippen LogP contribution < -0.4 is 10.2 Å². The summed E-state index contributed by atoms with van der Waals surface area (Å²) < 4.78 is 12.8. The van der Waals surface area contributed by atoms with Crippen molar-refractivity contribution in [1.82, 2.24) is 25.1 Å². The van der Waals surface area contributed by atoms with Crippen LogP contribution in [0.25, 0.3) is 22.3 Å². The number of nitrogens with zero attached hydrogens (tertiary/aromatic N) is 5. The van der Waals surface area contributed by atoms with Gasteiger partial charge in [0.2, 0.25) is 0 Å². The quantitative estimate of drug-likeness (QED) is 0.482. The Hall–Kier alpha value is -3.20. The molecular formula is C27H36N6O3. The van der Waals surface area contributed by atoms with Gasteiger partial charge in [-0.25, -0.2) is 9.78 Å². The molecule has 9 heteroatoms. The van der Waals surface area contributed by atoms with E-state index >= 15 is 0 Å². The van der Waals surface area contributed by atoms with E-state index in [9.17, 15) is 4.79 Å². The van der Waals surface area contributed by atoms with E-state index in [2.05, 4.69) is 44.4 Å². The van der Waals surface area contributed by atoms with Crippen molar-refractivity contribution in [2.45, 2.75) is 58.1 Å². The number of anilines is 1. The first kappa shape index (κ1) is 24.5. The van der Waals surface area contributed by atoms with Crippen LogP contribution in [-0.4, -0.2) is 64.3 Å². The van der Waals surface area contributed by atoms with Gasteiger partial charge in [0.25, 0.3) is 0 Å². The van der Waals surface area contributed by atoms with Gasteiger partial charge in [-0.15, -0.1) is 0 Å². The molecule has 9 nitrogen and oxygen atoms in total. The molecule has 192 valence electrons. The topological polar surface area (TPSA) is 94.4 Å². The highest BCUT2D eigenvalue weighted by Crippen LogP contribution is 2.40. The summed E-state index contributed by atoms with van der Waals surface area (Å²) >= 11 is 0. The molecule has 1 aliphatic carbocycles. The number of nitrogens with one attached hydrogen (secondary N) is 1. The average molecular weight is 493 g/mol. The Morgan fingerprint density at radius 2 is 1.97 bits per heavy atom. The third-order valence-electron chi connectivity index (χ3n) is 6.84. The van der Waals surface area contributed by atoms with Gasteiger partial charge < -0.3 is 19.7 Å². The van der Waals surface area contributed by atoms with Crippen molar-refractivity contribution in [2.24, 2.45) is 5.92 Å². The molecule has 1 saturated carbocycles. The third-order valence-corrected chi connectivity index (χ3v) is 6.84. The first-order valence-corrected chi connectivity index (χ1v) is 12.9. The van der Waals surface area contributed by atoms with Crippen LogP contribution in [-0.2, 0) is 9.47 Å². The largest absolute Gasteiger partial charge is 0.444 e. The summed E-state index contributed by atoms with van der Waals surface area (Å²) in [5.41, 5.74) is 4.34. The van der Waals surface area contributed by atoms with Gasteiger partial charge in [-0.3, -0.25) is 9.67 Å². The number of amides is 1. The molecular weight excluding hydrogens is 456 g/mol. The average Bonchev–Trinajstić information content (AvgIpc) is 3.31. The maximum Gasteiger partial charge on any atom is 0.407 e. The van der Waals surface area contributed by atoms with Crippen LogP contribution in [0.2, 0.25) is 0 Å². The number of morpholine rings is 1. The van der Waals surface area contributed by atoms with Gasteiger partial charge in [-0.1, -0.05) is 0 Å². The fraction of sp³-hybridized carbons (Fsp3) is 0.556. The van der Waals surface area contributed by atoms with Gasteiger partial charge in [0, 0.05) is 37.1 Å². The van der Waals surface area contributed by atoms with Gasteiger partial charge in [0.1, 0.15) is 5.60 Å². The van der Waals surface area contributed by atoms with Gasteiger partial charge in [0.05, 0.1) is 48.4 Å². The number of aromatic nitrogens is 4. The van der Waals surface area contributed by atoms with Crippen LogP contribution in [0.1, 0.15) is 52.5 Å². The highest BCUT2D eigenvalue weighted by atomic mass is 16.6. The Morgan fingerprint density at radius 1 is 1.17 bits per heavy atom. The molecule has 0 atom stereocenters. The number of alkyl carbamates (subject to hydrolysis) is 1. The minimum Gasteiger partial charge on any atom is -0.444 e. The minimum atomic E-state index is -0.459. The van der Waals surface area contributed by atoms with Crippen molar-refractivity contribution in [3.8, 4) is 11.3 Å². The number of fused-ring (bicyclic) bond motifs is 1. The van der Waals surface area contributed by atoms with E-state index in [1.165, 1.54) is 5.69 Å². The number of hydrogen-bond donors (Lipinski definition) is 1. The Bertz CT molecular complexity index is 1190. The second-order valence-electron chi connectivity index (χ2n) is 10.8. The molecule has 3 heterocycles. The summed E-state index contributed by atoms with van der Waals surface area (Å²) in [5.74, 6) is 0.671. The van der Waals surface area contributed by atoms with Gasteiger partial charge >= 0.3 is 6.09 Å². The van der Waals surface area contributed by atoms with Gasteiger partial charge in [-0.05, 0) is 70.6 Å². The van der Waals surface area contributed by atoms with E-state index in [0.717, 1.165) is 74.3 Å². The van der Waals surface area contributed by atoms with E-state index in [-0.39, 0.29) is 6.09 Å². The van der Waals surface area contributed by atoms with E-state index in [1.807, 2.05) is 33.2 Å². The van der Waals surface area contributed by atoms with E-state index in [1.54, 1.807) is 0 Å². The van der Waals surface area contributed by atoms with E-state index < -0.39 is 5.60 Å². The molecule has 0 bridgehead atoms. The lowest BCUT2D eigenvalue weighted by molar-refractivity contribution is 0.0524. The molecule has 1 amide bonds. The fourth-order valence-electron chi connectivity index (χ4n) is 4.87. The van der Waals surface area contributed by atoms with Crippen LogP contribution in [0.5, 0.6) is 0 Å². The molecule has 1 saturated heterocycles. The summed E-state index contributed by atoms with van der Waals surface area (Å²) in [5, 5.41) is 7.46. The van der Waals surface area contributed by atoms with Crippen molar-refractivity contribution in [2.75, 3.05) is 37.7 Å². The van der Waals surface area contributed by atoms with Crippen molar-refractivity contribution < 1.29 is 14.3 Å². The number of carbonyl (C=O) groups is 1. The lowest BCUT2D eigenvalue weighted by atomic mass is 9.77. The highest BCUT2D eigenvalue weighted by molar-refractivity contribution is 5.80. The molecule has 0 spiro atoms. The number of hydrogen-bond acceptors (Lipinski definition) is 7. The number of benzene rings is 1. The molecule has 3 aromatic rings. The first-order chi connectivity index (χ1) is 17.3. The first-order valence-electron chi connectivity index (χ1n) is 12.9. The van der Waals surface area contributed by atoms with Crippen molar-refractivity contribution in [1.29, 1.82) is 0 Å². The van der Waals surface area contributed by atoms with Gasteiger partial charge in [-0.2, -0.15) is 5.10 Å². The lowest BCUT2D eigenvalue weighted by Gasteiger charge is -2.35. The molecule has 5 rings (SSSR count). The fourth-order valence-corrected chi connectivity index (χ4v) is 4.87. The van der Waals surface area contributed by atoms with E-state index in [0.29, 0.717) is 18.5 Å². The molecule has 1 N–H and O–H groups in total. The SMILES string of the molecule is CC(C)(C)OC(=O)NCCCC1CC(n2cc(-c3cnc4cc(N5CCOCC5)ccc4n3)cn2)C1. The number of ether oxygens (including phenoxy) is 2. The maximum absolute atomic E-state index is 11.7. The third kappa shape index (κ3) is 5.95. The Morgan fingerprint density at radius 3 is 2.75 bits per heavy atom. The number of carbonyl (C=O) groups excluding carboxylic acids is 1. The smallest absolute Gasteiger partial charge is 0.407 e. The normalized spacial score (nSPS) is 20.2. The second kappa shape index (κ2) is 10.4. The van der Waals surface area contributed by atoms with Crippen LogP contribution >= 0.6 is 0 Å². The monoisotopic (exact) mass is 492 g/mol. The Balaban J connectivity index is 1.11. The summed E-state index contributed by atoms with van der Waals surface area (Å²) in [4.78, 5) is 23.6. The molecule has 2 aromatic heterocycles. The standard InChI is InChI=1S/C27H36N6O3/c1-27(2,3)36-26(34)28-8-4-5-19-13-22(14-19)33-18-20(16-30-33)25-17-29-24-15-21(6-7-23(24)31-25)32-9-11-35-12-10-32/h6-7,15-19,22H,4-5,8-14H2,1-3H3,(H,28,34). The zero-order valence-electron chi connectivity index (χ0n) is 21.4. The van der Waals surface area contributed by atoms with Crippen LogP contribution in [0.4, 0.5) is 10.5 Å². The van der Waals surface area contributed by atoms with Crippen LogP contribution in [0, 0.1) is 5.92 Å². The molecule has 2 aliphatic rings. The molecule has 36 heavy (non-hydrogen) atoms. The van der Waals surface area contributed by atoms with Crippen LogP contribution in [0.15, 0.2) is 36.8 Å². The molecule has 0 unspecified atom stereocenters. The van der Waals surface area contributed by atoms with Gasteiger partial charge in [0.15, 0.2) is 0 Å². The molecule has 0 radical (unpaired) electrons. The Kier molecular flexibility index (Phi) is 7.09. The predicted molar refractivity (Wildman–Crippen MR) is 139 cm³/mol. The zero-order chi connectivity index (χ0) is 25.1. The van der Waals surface area contributed by atoms with Crippen molar-refractivity contribution >= 4 is 22.8 Å².